The molecule has 5 heteroatoms. The van der Waals surface area contributed by atoms with Crippen molar-refractivity contribution in [2.24, 2.45) is 0 Å². The summed E-state index contributed by atoms with van der Waals surface area (Å²) in [5.74, 6) is 1.15. The van der Waals surface area contributed by atoms with E-state index >= 15 is 0 Å². The molecule has 0 atom stereocenters. The van der Waals surface area contributed by atoms with Gasteiger partial charge in [0.1, 0.15) is 0 Å². The number of ether oxygens (including phenoxy) is 2. The molecule has 0 heterocycles. The predicted molar refractivity (Wildman–Crippen MR) is 72.8 cm³/mol. The first-order valence-corrected chi connectivity index (χ1v) is 5.85. The van der Waals surface area contributed by atoms with Crippen LogP contribution in [0.1, 0.15) is 12.0 Å². The van der Waals surface area contributed by atoms with Crippen molar-refractivity contribution in [3.8, 4) is 17.6 Å². The lowest BCUT2D eigenvalue weighted by molar-refractivity contribution is -0.116. The third kappa shape index (κ3) is 3.62. The van der Waals surface area contributed by atoms with Crippen LogP contribution in [0.5, 0.6) is 11.5 Å². The molecular weight excluding hydrogens is 244 g/mol. The third-order valence-electron chi connectivity index (χ3n) is 2.80. The molecule has 1 rings (SSSR count). The van der Waals surface area contributed by atoms with Crippen LogP contribution < -0.4 is 14.4 Å². The average Bonchev–Trinajstić information content (AvgIpc) is 2.38. The van der Waals surface area contributed by atoms with Gasteiger partial charge in [-0.3, -0.25) is 4.79 Å². The minimum absolute atomic E-state index is 0.0727. The maximum atomic E-state index is 11.5. The van der Waals surface area contributed by atoms with E-state index in [2.05, 4.69) is 0 Å². The van der Waals surface area contributed by atoms with Crippen molar-refractivity contribution in [2.45, 2.75) is 13.3 Å². The SMILES string of the molecule is COc1cc(C)c(N(C)CC(=O)CC#N)cc1OC. The highest BCUT2D eigenvalue weighted by Crippen LogP contribution is 2.34. The number of hydrogen-bond acceptors (Lipinski definition) is 5. The minimum atomic E-state index is -0.112. The molecule has 0 saturated carbocycles. The number of hydrogen-bond donors (Lipinski definition) is 0. The van der Waals surface area contributed by atoms with Gasteiger partial charge in [-0.05, 0) is 18.6 Å². The Morgan fingerprint density at radius 2 is 1.89 bits per heavy atom. The van der Waals surface area contributed by atoms with Gasteiger partial charge in [0.15, 0.2) is 17.3 Å². The highest BCUT2D eigenvalue weighted by atomic mass is 16.5. The summed E-state index contributed by atoms with van der Waals surface area (Å²) < 4.78 is 10.5. The summed E-state index contributed by atoms with van der Waals surface area (Å²) >= 11 is 0. The maximum Gasteiger partial charge on any atom is 0.166 e. The molecule has 19 heavy (non-hydrogen) atoms. The Hall–Kier alpha value is -2.22. The summed E-state index contributed by atoms with van der Waals surface area (Å²) in [5.41, 5.74) is 1.86. The molecule has 0 aromatic heterocycles. The van der Waals surface area contributed by atoms with E-state index in [1.807, 2.05) is 32.2 Å². The zero-order chi connectivity index (χ0) is 14.4. The molecule has 1 aromatic rings. The van der Waals surface area contributed by atoms with Crippen LogP contribution in [-0.4, -0.2) is 33.6 Å². The third-order valence-corrected chi connectivity index (χ3v) is 2.80. The average molecular weight is 262 g/mol. The molecule has 0 bridgehead atoms. The largest absolute Gasteiger partial charge is 0.493 e. The Kier molecular flexibility index (Phi) is 5.19. The predicted octanol–water partition coefficient (Wildman–Crippen LogP) is 1.93. The Morgan fingerprint density at radius 1 is 1.32 bits per heavy atom. The van der Waals surface area contributed by atoms with E-state index < -0.39 is 0 Å². The van der Waals surface area contributed by atoms with Crippen LogP contribution in [0.15, 0.2) is 12.1 Å². The van der Waals surface area contributed by atoms with E-state index in [1.165, 1.54) is 0 Å². The Bertz CT molecular complexity index is 506. The fourth-order valence-corrected chi connectivity index (χ4v) is 1.87. The molecule has 0 N–H and O–H groups in total. The van der Waals surface area contributed by atoms with Gasteiger partial charge in [0.25, 0.3) is 0 Å². The van der Waals surface area contributed by atoms with E-state index in [0.29, 0.717) is 11.5 Å². The smallest absolute Gasteiger partial charge is 0.166 e. The van der Waals surface area contributed by atoms with E-state index in [-0.39, 0.29) is 18.7 Å². The number of aryl methyl sites for hydroxylation is 1. The second-order valence-electron chi connectivity index (χ2n) is 4.22. The fourth-order valence-electron chi connectivity index (χ4n) is 1.87. The van der Waals surface area contributed by atoms with E-state index in [0.717, 1.165) is 11.3 Å². The summed E-state index contributed by atoms with van der Waals surface area (Å²) in [6.07, 6.45) is -0.0727. The van der Waals surface area contributed by atoms with Gasteiger partial charge in [-0.2, -0.15) is 5.26 Å². The van der Waals surface area contributed by atoms with Crippen LogP contribution in [0.3, 0.4) is 0 Å². The molecule has 0 unspecified atom stereocenters. The maximum absolute atomic E-state index is 11.5. The van der Waals surface area contributed by atoms with Crippen molar-refractivity contribution >= 4 is 11.5 Å². The summed E-state index contributed by atoms with van der Waals surface area (Å²) in [6.45, 7) is 2.13. The topological polar surface area (TPSA) is 62.6 Å². The summed E-state index contributed by atoms with van der Waals surface area (Å²) in [4.78, 5) is 13.3. The number of methoxy groups -OCH3 is 2. The number of likely N-dealkylation sites (N-methyl/N-ethyl adjacent to an activating group) is 1. The zero-order valence-corrected chi connectivity index (χ0v) is 11.7. The summed E-state index contributed by atoms with van der Waals surface area (Å²) in [7, 11) is 4.96. The Morgan fingerprint density at radius 3 is 2.42 bits per heavy atom. The number of carbonyl (C=O) groups is 1. The number of Topliss-reactive ketones (excluding diaryl/α,β-unsaturated/α-hetero) is 1. The molecule has 0 aliphatic rings. The van der Waals surface area contributed by atoms with Gasteiger partial charge < -0.3 is 14.4 Å². The van der Waals surface area contributed by atoms with Gasteiger partial charge in [-0.1, -0.05) is 0 Å². The molecule has 0 aliphatic carbocycles. The van der Waals surface area contributed by atoms with Crippen molar-refractivity contribution < 1.29 is 14.3 Å². The van der Waals surface area contributed by atoms with Crippen molar-refractivity contribution in [3.05, 3.63) is 17.7 Å². The zero-order valence-electron chi connectivity index (χ0n) is 11.7. The lowest BCUT2D eigenvalue weighted by Gasteiger charge is -2.22. The Labute approximate surface area is 113 Å². The highest BCUT2D eigenvalue weighted by Gasteiger charge is 2.13. The summed E-state index contributed by atoms with van der Waals surface area (Å²) in [5, 5.41) is 8.50. The lowest BCUT2D eigenvalue weighted by atomic mass is 10.1. The van der Waals surface area contributed by atoms with Gasteiger partial charge in [-0.15, -0.1) is 0 Å². The monoisotopic (exact) mass is 262 g/mol. The molecule has 5 nitrogen and oxygen atoms in total. The first-order valence-electron chi connectivity index (χ1n) is 5.85. The van der Waals surface area contributed by atoms with Crippen LogP contribution in [0.25, 0.3) is 0 Å². The van der Waals surface area contributed by atoms with Crippen molar-refractivity contribution in [1.82, 2.24) is 0 Å². The van der Waals surface area contributed by atoms with E-state index in [1.54, 1.807) is 19.1 Å². The van der Waals surface area contributed by atoms with Crippen LogP contribution >= 0.6 is 0 Å². The first kappa shape index (κ1) is 14.8. The van der Waals surface area contributed by atoms with Gasteiger partial charge >= 0.3 is 0 Å². The quantitative estimate of drug-likeness (QED) is 0.784. The highest BCUT2D eigenvalue weighted by molar-refractivity contribution is 5.85. The molecular formula is C14H18N2O3. The second-order valence-corrected chi connectivity index (χ2v) is 4.22. The summed E-state index contributed by atoms with van der Waals surface area (Å²) in [6, 6.07) is 5.55. The normalized spacial score (nSPS) is 9.63. The van der Waals surface area contributed by atoms with Crippen LogP contribution in [0, 0.1) is 18.3 Å². The number of nitrogens with zero attached hydrogens (tertiary/aromatic N) is 2. The van der Waals surface area contributed by atoms with Crippen LogP contribution in [0.2, 0.25) is 0 Å². The molecule has 0 radical (unpaired) electrons. The molecule has 0 fully saturated rings. The van der Waals surface area contributed by atoms with Crippen molar-refractivity contribution in [1.29, 1.82) is 5.26 Å². The van der Waals surface area contributed by atoms with E-state index in [9.17, 15) is 4.79 Å². The van der Waals surface area contributed by atoms with E-state index in [4.69, 9.17) is 14.7 Å². The molecule has 1 aromatic carbocycles. The van der Waals surface area contributed by atoms with Crippen molar-refractivity contribution in [3.63, 3.8) is 0 Å². The van der Waals surface area contributed by atoms with Gasteiger partial charge in [0.2, 0.25) is 0 Å². The number of rotatable bonds is 6. The standard InChI is InChI=1S/C14H18N2O3/c1-10-7-13(18-3)14(19-4)8-12(10)16(2)9-11(17)5-6-15/h7-8H,5,9H2,1-4H3. The number of carbonyl (C=O) groups excluding carboxylic acids is 1. The second kappa shape index (κ2) is 6.64. The molecule has 0 saturated heterocycles. The van der Waals surface area contributed by atoms with Gasteiger partial charge in [-0.25, -0.2) is 0 Å². The molecule has 0 aliphatic heterocycles. The fraction of sp³-hybridized carbons (Fsp3) is 0.429. The number of nitriles is 1. The minimum Gasteiger partial charge on any atom is -0.493 e. The molecule has 0 spiro atoms. The Balaban J connectivity index is 3.00. The number of anilines is 1. The van der Waals surface area contributed by atoms with Crippen LogP contribution in [-0.2, 0) is 4.79 Å². The lowest BCUT2D eigenvalue weighted by Crippen LogP contribution is -2.25. The number of benzene rings is 1. The number of ketones is 1. The van der Waals surface area contributed by atoms with Gasteiger partial charge in [0.05, 0.1) is 33.3 Å². The molecule has 102 valence electrons. The van der Waals surface area contributed by atoms with Crippen molar-refractivity contribution in [2.75, 3.05) is 32.7 Å². The van der Waals surface area contributed by atoms with Crippen LogP contribution in [0.4, 0.5) is 5.69 Å². The first-order chi connectivity index (χ1) is 9.03. The van der Waals surface area contributed by atoms with Gasteiger partial charge in [0, 0.05) is 18.8 Å². The molecule has 0 amide bonds.